The van der Waals surface area contributed by atoms with Gasteiger partial charge in [-0.15, -0.1) is 0 Å². The van der Waals surface area contributed by atoms with Crippen LogP contribution >= 0.6 is 0 Å². The molecule has 0 saturated carbocycles. The van der Waals surface area contributed by atoms with Crippen molar-refractivity contribution in [3.63, 3.8) is 0 Å². The molecule has 3 rings (SSSR count). The van der Waals surface area contributed by atoms with E-state index in [9.17, 15) is 4.79 Å². The van der Waals surface area contributed by atoms with Gasteiger partial charge in [-0.25, -0.2) is 0 Å². The molecule has 2 aromatic rings. The summed E-state index contributed by atoms with van der Waals surface area (Å²) in [4.78, 5) is 12.5. The number of benzene rings is 1. The smallest absolute Gasteiger partial charge is 0.166 e. The molecule has 0 amide bonds. The van der Waals surface area contributed by atoms with E-state index in [2.05, 4.69) is 5.10 Å². The van der Waals surface area contributed by atoms with Gasteiger partial charge in [-0.05, 0) is 30.5 Å². The van der Waals surface area contributed by atoms with E-state index in [4.69, 9.17) is 4.74 Å². The van der Waals surface area contributed by atoms with Crippen LogP contribution in [-0.4, -0.2) is 28.8 Å². The van der Waals surface area contributed by atoms with Crippen LogP contribution < -0.4 is 0 Å². The normalized spacial score (nSPS) is 16.2. The molecule has 0 radical (unpaired) electrons. The van der Waals surface area contributed by atoms with E-state index in [1.165, 1.54) is 0 Å². The Kier molecular flexibility index (Phi) is 3.92. The third kappa shape index (κ3) is 2.96. The molecular formula is C16H18N2O2. The van der Waals surface area contributed by atoms with Crippen LogP contribution in [0, 0.1) is 5.92 Å². The quantitative estimate of drug-likeness (QED) is 0.802. The van der Waals surface area contributed by atoms with E-state index in [0.717, 1.165) is 24.0 Å². The zero-order chi connectivity index (χ0) is 13.8. The molecule has 20 heavy (non-hydrogen) atoms. The third-order valence-corrected chi connectivity index (χ3v) is 3.71. The van der Waals surface area contributed by atoms with Crippen molar-refractivity contribution < 1.29 is 9.53 Å². The molecule has 0 spiro atoms. The lowest BCUT2D eigenvalue weighted by Gasteiger charge is -2.21. The van der Waals surface area contributed by atoms with Crippen LogP contribution in [0.3, 0.4) is 0 Å². The first-order valence-electron chi connectivity index (χ1n) is 7.01. The minimum atomic E-state index is 0.115. The lowest BCUT2D eigenvalue weighted by molar-refractivity contribution is 0.0545. The van der Waals surface area contributed by atoms with Crippen molar-refractivity contribution in [1.82, 2.24) is 9.78 Å². The average molecular weight is 270 g/mol. The number of ketones is 1. The van der Waals surface area contributed by atoms with Gasteiger partial charge < -0.3 is 4.74 Å². The van der Waals surface area contributed by atoms with Gasteiger partial charge in [0.1, 0.15) is 0 Å². The number of ether oxygens (including phenoxy) is 1. The van der Waals surface area contributed by atoms with Crippen LogP contribution in [0.4, 0.5) is 0 Å². The molecule has 0 bridgehead atoms. The van der Waals surface area contributed by atoms with Crippen LogP contribution in [0.25, 0.3) is 0 Å². The summed E-state index contributed by atoms with van der Waals surface area (Å²) in [5, 5.41) is 4.19. The SMILES string of the molecule is O=C(c1cccc(Cn2cccn2)c1)C1CCOCC1. The van der Waals surface area contributed by atoms with Gasteiger partial charge in [0, 0.05) is 37.1 Å². The number of aromatic nitrogens is 2. The first-order chi connectivity index (χ1) is 9.83. The fourth-order valence-electron chi connectivity index (χ4n) is 2.60. The maximum absolute atomic E-state index is 12.5. The fraction of sp³-hybridized carbons (Fsp3) is 0.375. The Morgan fingerprint density at radius 3 is 2.90 bits per heavy atom. The molecule has 1 fully saturated rings. The summed E-state index contributed by atoms with van der Waals surface area (Å²) in [6.45, 7) is 2.09. The zero-order valence-corrected chi connectivity index (χ0v) is 11.4. The molecule has 1 aliphatic heterocycles. The standard InChI is InChI=1S/C16H18N2O2/c19-16(14-5-9-20-10-6-14)15-4-1-3-13(11-15)12-18-8-2-7-17-18/h1-4,7-8,11,14H,5-6,9-10,12H2. The molecule has 0 N–H and O–H groups in total. The van der Waals surface area contributed by atoms with Crippen LogP contribution in [0.5, 0.6) is 0 Å². The summed E-state index contributed by atoms with van der Waals surface area (Å²) in [5.74, 6) is 0.360. The molecule has 4 nitrogen and oxygen atoms in total. The van der Waals surface area contributed by atoms with Gasteiger partial charge in [-0.2, -0.15) is 5.10 Å². The molecule has 1 aromatic heterocycles. The summed E-state index contributed by atoms with van der Waals surface area (Å²) in [6.07, 6.45) is 5.36. The van der Waals surface area contributed by atoms with Crippen LogP contribution in [0.2, 0.25) is 0 Å². The predicted octanol–water partition coefficient (Wildman–Crippen LogP) is 2.54. The highest BCUT2D eigenvalue weighted by Gasteiger charge is 2.22. The van der Waals surface area contributed by atoms with Gasteiger partial charge in [0.05, 0.1) is 6.54 Å². The van der Waals surface area contributed by atoms with Gasteiger partial charge in [0.2, 0.25) is 0 Å². The molecule has 2 heterocycles. The second kappa shape index (κ2) is 6.01. The molecule has 0 aliphatic carbocycles. The second-order valence-corrected chi connectivity index (χ2v) is 5.15. The maximum Gasteiger partial charge on any atom is 0.166 e. The van der Waals surface area contributed by atoms with E-state index in [1.807, 2.05) is 41.2 Å². The third-order valence-electron chi connectivity index (χ3n) is 3.71. The number of nitrogens with zero attached hydrogens (tertiary/aromatic N) is 2. The Bertz CT molecular complexity index is 572. The maximum atomic E-state index is 12.5. The van der Waals surface area contributed by atoms with E-state index in [-0.39, 0.29) is 11.7 Å². The Hall–Kier alpha value is -1.94. The molecule has 1 aromatic carbocycles. The van der Waals surface area contributed by atoms with Crippen molar-refractivity contribution >= 4 is 5.78 Å². The highest BCUT2D eigenvalue weighted by atomic mass is 16.5. The topological polar surface area (TPSA) is 44.1 Å². The lowest BCUT2D eigenvalue weighted by Crippen LogP contribution is -2.23. The molecular weight excluding hydrogens is 252 g/mol. The number of rotatable bonds is 4. The van der Waals surface area contributed by atoms with E-state index < -0.39 is 0 Å². The number of carbonyl (C=O) groups is 1. The Morgan fingerprint density at radius 2 is 2.15 bits per heavy atom. The number of hydrogen-bond acceptors (Lipinski definition) is 3. The van der Waals surface area contributed by atoms with Gasteiger partial charge in [0.25, 0.3) is 0 Å². The van der Waals surface area contributed by atoms with Crippen molar-refractivity contribution in [2.75, 3.05) is 13.2 Å². The molecule has 0 atom stereocenters. The van der Waals surface area contributed by atoms with Crippen molar-refractivity contribution in [3.8, 4) is 0 Å². The fourth-order valence-corrected chi connectivity index (χ4v) is 2.60. The Morgan fingerprint density at radius 1 is 1.30 bits per heavy atom. The van der Waals surface area contributed by atoms with Crippen molar-refractivity contribution in [1.29, 1.82) is 0 Å². The monoisotopic (exact) mass is 270 g/mol. The van der Waals surface area contributed by atoms with Gasteiger partial charge >= 0.3 is 0 Å². The summed E-state index contributed by atoms with van der Waals surface area (Å²) in [5.41, 5.74) is 1.91. The molecule has 4 heteroatoms. The molecule has 1 saturated heterocycles. The molecule has 1 aliphatic rings. The first-order valence-corrected chi connectivity index (χ1v) is 7.01. The Labute approximate surface area is 118 Å². The number of hydrogen-bond donors (Lipinski definition) is 0. The van der Waals surface area contributed by atoms with Crippen LogP contribution in [0.1, 0.15) is 28.8 Å². The minimum Gasteiger partial charge on any atom is -0.381 e. The van der Waals surface area contributed by atoms with E-state index in [1.54, 1.807) is 6.20 Å². The summed E-state index contributed by atoms with van der Waals surface area (Å²) < 4.78 is 7.17. The number of carbonyl (C=O) groups excluding carboxylic acids is 1. The van der Waals surface area contributed by atoms with Gasteiger partial charge in [-0.1, -0.05) is 18.2 Å². The van der Waals surface area contributed by atoms with Crippen molar-refractivity contribution in [3.05, 3.63) is 53.9 Å². The van der Waals surface area contributed by atoms with E-state index in [0.29, 0.717) is 19.8 Å². The largest absolute Gasteiger partial charge is 0.381 e. The second-order valence-electron chi connectivity index (χ2n) is 5.15. The van der Waals surface area contributed by atoms with Crippen molar-refractivity contribution in [2.24, 2.45) is 5.92 Å². The molecule has 0 unspecified atom stereocenters. The summed E-state index contributed by atoms with van der Waals surface area (Å²) in [7, 11) is 0. The van der Waals surface area contributed by atoms with E-state index >= 15 is 0 Å². The predicted molar refractivity (Wildman–Crippen MR) is 75.6 cm³/mol. The highest BCUT2D eigenvalue weighted by Crippen LogP contribution is 2.20. The zero-order valence-electron chi connectivity index (χ0n) is 11.4. The average Bonchev–Trinajstić information content (AvgIpc) is 3.01. The van der Waals surface area contributed by atoms with Crippen LogP contribution in [0.15, 0.2) is 42.7 Å². The molecule has 104 valence electrons. The summed E-state index contributed by atoms with van der Waals surface area (Å²) in [6, 6.07) is 9.77. The van der Waals surface area contributed by atoms with Gasteiger partial charge in [0.15, 0.2) is 5.78 Å². The minimum absolute atomic E-state index is 0.115. The van der Waals surface area contributed by atoms with Crippen molar-refractivity contribution in [2.45, 2.75) is 19.4 Å². The Balaban J connectivity index is 1.74. The van der Waals surface area contributed by atoms with Gasteiger partial charge in [-0.3, -0.25) is 9.48 Å². The first kappa shape index (κ1) is 13.1. The van der Waals surface area contributed by atoms with Crippen LogP contribution in [-0.2, 0) is 11.3 Å². The lowest BCUT2D eigenvalue weighted by atomic mass is 9.90. The highest BCUT2D eigenvalue weighted by molar-refractivity contribution is 5.98. The summed E-state index contributed by atoms with van der Waals surface area (Å²) >= 11 is 0. The number of Topliss-reactive ketones (excluding diaryl/α,β-unsaturated/α-hetero) is 1.